The Morgan fingerprint density at radius 3 is 2.84 bits per heavy atom. The highest BCUT2D eigenvalue weighted by Gasteiger charge is 2.12. The van der Waals surface area contributed by atoms with E-state index in [1.54, 1.807) is 0 Å². The topological polar surface area (TPSA) is 53.1 Å². The maximum Gasteiger partial charge on any atom is 0.0949 e. The van der Waals surface area contributed by atoms with Gasteiger partial charge in [0.1, 0.15) is 0 Å². The smallest absolute Gasteiger partial charge is 0.0949 e. The van der Waals surface area contributed by atoms with Crippen LogP contribution in [-0.4, -0.2) is 22.8 Å². The van der Waals surface area contributed by atoms with E-state index in [2.05, 4.69) is 21.7 Å². The van der Waals surface area contributed by atoms with Crippen LogP contribution in [0, 0.1) is 0 Å². The molecular formula is C15H21N3O. The lowest BCUT2D eigenvalue weighted by Gasteiger charge is -2.14. The number of benzene rings is 1. The molecule has 0 bridgehead atoms. The molecule has 0 saturated carbocycles. The van der Waals surface area contributed by atoms with Crippen LogP contribution in [0.5, 0.6) is 0 Å². The van der Waals surface area contributed by atoms with E-state index in [1.807, 2.05) is 37.6 Å². The highest BCUT2D eigenvalue weighted by Crippen LogP contribution is 2.15. The van der Waals surface area contributed by atoms with Crippen molar-refractivity contribution in [1.82, 2.24) is 9.55 Å². The molecule has 1 heterocycles. The van der Waals surface area contributed by atoms with Crippen LogP contribution in [0.4, 0.5) is 0 Å². The summed E-state index contributed by atoms with van der Waals surface area (Å²) < 4.78 is 7.44. The van der Waals surface area contributed by atoms with Crippen LogP contribution in [0.3, 0.4) is 0 Å². The average Bonchev–Trinajstić information content (AvgIpc) is 2.89. The van der Waals surface area contributed by atoms with Gasteiger partial charge >= 0.3 is 0 Å². The second-order valence-corrected chi connectivity index (χ2v) is 4.51. The van der Waals surface area contributed by atoms with E-state index in [9.17, 15) is 0 Å². The SMILES string of the molecule is CCOCCn1cncc1[C@H](N)Cc1ccccc1. The standard InChI is InChI=1S/C15H21N3O/c1-2-19-9-8-18-12-17-11-15(18)14(16)10-13-6-4-3-5-7-13/h3-7,11-12,14H,2,8-10,16H2,1H3/t14-/m1/s1. The van der Waals surface area contributed by atoms with Crippen LogP contribution >= 0.6 is 0 Å². The van der Waals surface area contributed by atoms with Crippen molar-refractivity contribution in [3.05, 3.63) is 54.1 Å². The fourth-order valence-corrected chi connectivity index (χ4v) is 2.11. The lowest BCUT2D eigenvalue weighted by Crippen LogP contribution is -2.19. The summed E-state index contributed by atoms with van der Waals surface area (Å²) in [6, 6.07) is 10.2. The van der Waals surface area contributed by atoms with Gasteiger partial charge in [-0.25, -0.2) is 4.98 Å². The van der Waals surface area contributed by atoms with Gasteiger partial charge in [-0.05, 0) is 18.9 Å². The van der Waals surface area contributed by atoms with Crippen molar-refractivity contribution in [2.24, 2.45) is 5.73 Å². The zero-order valence-corrected chi connectivity index (χ0v) is 11.3. The van der Waals surface area contributed by atoms with Gasteiger partial charge in [0.2, 0.25) is 0 Å². The molecule has 0 spiro atoms. The summed E-state index contributed by atoms with van der Waals surface area (Å²) in [6.45, 7) is 4.22. The summed E-state index contributed by atoms with van der Waals surface area (Å²) in [6.07, 6.45) is 4.49. The van der Waals surface area contributed by atoms with Crippen molar-refractivity contribution in [2.75, 3.05) is 13.2 Å². The third kappa shape index (κ3) is 3.91. The quantitative estimate of drug-likeness (QED) is 0.775. The van der Waals surface area contributed by atoms with Crippen LogP contribution < -0.4 is 5.73 Å². The summed E-state index contributed by atoms with van der Waals surface area (Å²) in [7, 11) is 0. The first-order chi connectivity index (χ1) is 9.31. The number of aromatic nitrogens is 2. The normalized spacial score (nSPS) is 12.5. The molecule has 102 valence electrons. The fraction of sp³-hybridized carbons (Fsp3) is 0.400. The van der Waals surface area contributed by atoms with Gasteiger partial charge in [0.25, 0.3) is 0 Å². The number of hydrogen-bond donors (Lipinski definition) is 1. The molecule has 4 heteroatoms. The monoisotopic (exact) mass is 259 g/mol. The van der Waals surface area contributed by atoms with Crippen molar-refractivity contribution in [1.29, 1.82) is 0 Å². The lowest BCUT2D eigenvalue weighted by atomic mass is 10.0. The zero-order valence-electron chi connectivity index (χ0n) is 11.3. The van der Waals surface area contributed by atoms with E-state index in [4.69, 9.17) is 10.5 Å². The van der Waals surface area contributed by atoms with Crippen molar-refractivity contribution in [3.8, 4) is 0 Å². The van der Waals surface area contributed by atoms with Crippen LogP contribution in [0.1, 0.15) is 24.2 Å². The molecule has 0 unspecified atom stereocenters. The van der Waals surface area contributed by atoms with E-state index < -0.39 is 0 Å². The summed E-state index contributed by atoms with van der Waals surface area (Å²) >= 11 is 0. The molecule has 2 aromatic rings. The molecule has 1 atom stereocenters. The minimum Gasteiger partial charge on any atom is -0.380 e. The highest BCUT2D eigenvalue weighted by molar-refractivity contribution is 5.18. The first-order valence-corrected chi connectivity index (χ1v) is 6.68. The molecule has 2 rings (SSSR count). The molecule has 2 N–H and O–H groups in total. The third-order valence-corrected chi connectivity index (χ3v) is 3.10. The molecule has 1 aromatic carbocycles. The number of ether oxygens (including phenoxy) is 1. The molecule has 0 aliphatic rings. The minimum absolute atomic E-state index is 0.0356. The second kappa shape index (κ2) is 7.07. The second-order valence-electron chi connectivity index (χ2n) is 4.51. The molecule has 4 nitrogen and oxygen atoms in total. The minimum atomic E-state index is -0.0356. The zero-order chi connectivity index (χ0) is 13.5. The van der Waals surface area contributed by atoms with Crippen LogP contribution in [0.2, 0.25) is 0 Å². The van der Waals surface area contributed by atoms with Gasteiger partial charge in [-0.1, -0.05) is 30.3 Å². The molecule has 19 heavy (non-hydrogen) atoms. The van der Waals surface area contributed by atoms with Crippen molar-refractivity contribution >= 4 is 0 Å². The molecule has 0 saturated heterocycles. The molecule has 0 radical (unpaired) electrons. The average molecular weight is 259 g/mol. The van der Waals surface area contributed by atoms with E-state index >= 15 is 0 Å². The van der Waals surface area contributed by atoms with Crippen molar-refractivity contribution < 1.29 is 4.74 Å². The molecule has 0 aliphatic heterocycles. The van der Waals surface area contributed by atoms with E-state index in [0.717, 1.165) is 25.3 Å². The summed E-state index contributed by atoms with van der Waals surface area (Å²) in [5.41, 5.74) is 8.58. The summed E-state index contributed by atoms with van der Waals surface area (Å²) in [4.78, 5) is 4.19. The Morgan fingerprint density at radius 2 is 2.11 bits per heavy atom. The van der Waals surface area contributed by atoms with Crippen molar-refractivity contribution in [3.63, 3.8) is 0 Å². The molecule has 0 aliphatic carbocycles. The van der Waals surface area contributed by atoms with Gasteiger partial charge in [0.05, 0.1) is 24.7 Å². The lowest BCUT2D eigenvalue weighted by molar-refractivity contribution is 0.138. The van der Waals surface area contributed by atoms with E-state index in [1.165, 1.54) is 5.56 Å². The van der Waals surface area contributed by atoms with E-state index in [-0.39, 0.29) is 6.04 Å². The maximum atomic E-state index is 6.27. The largest absolute Gasteiger partial charge is 0.380 e. The van der Waals surface area contributed by atoms with E-state index in [0.29, 0.717) is 6.61 Å². The summed E-state index contributed by atoms with van der Waals surface area (Å²) in [5.74, 6) is 0. The summed E-state index contributed by atoms with van der Waals surface area (Å²) in [5, 5.41) is 0. The molecule has 1 aromatic heterocycles. The van der Waals surface area contributed by atoms with Gasteiger partial charge in [-0.3, -0.25) is 0 Å². The predicted octanol–water partition coefficient (Wildman–Crippen LogP) is 2.16. The van der Waals surface area contributed by atoms with Gasteiger partial charge in [-0.2, -0.15) is 0 Å². The van der Waals surface area contributed by atoms with Gasteiger partial charge in [-0.15, -0.1) is 0 Å². The molecular weight excluding hydrogens is 238 g/mol. The Morgan fingerprint density at radius 1 is 1.32 bits per heavy atom. The predicted molar refractivity (Wildman–Crippen MR) is 75.8 cm³/mol. The number of imidazole rings is 1. The van der Waals surface area contributed by atoms with Gasteiger partial charge < -0.3 is 15.0 Å². The Labute approximate surface area is 114 Å². The Kier molecular flexibility index (Phi) is 5.12. The first kappa shape index (κ1) is 13.8. The maximum absolute atomic E-state index is 6.27. The Hall–Kier alpha value is -1.65. The highest BCUT2D eigenvalue weighted by atomic mass is 16.5. The third-order valence-electron chi connectivity index (χ3n) is 3.10. The molecule has 0 fully saturated rings. The van der Waals surface area contributed by atoms with Crippen molar-refractivity contribution in [2.45, 2.75) is 25.9 Å². The van der Waals surface area contributed by atoms with Crippen LogP contribution in [0.25, 0.3) is 0 Å². The first-order valence-electron chi connectivity index (χ1n) is 6.68. The van der Waals surface area contributed by atoms with Crippen LogP contribution in [-0.2, 0) is 17.7 Å². The molecule has 0 amide bonds. The number of hydrogen-bond acceptors (Lipinski definition) is 3. The van der Waals surface area contributed by atoms with Gasteiger partial charge in [0.15, 0.2) is 0 Å². The number of rotatable bonds is 7. The van der Waals surface area contributed by atoms with Crippen LogP contribution in [0.15, 0.2) is 42.9 Å². The van der Waals surface area contributed by atoms with Gasteiger partial charge in [0, 0.05) is 19.3 Å². The number of nitrogens with two attached hydrogens (primary N) is 1. The fourth-order valence-electron chi connectivity index (χ4n) is 2.11. The Bertz CT molecular complexity index is 481. The Balaban J connectivity index is 1.99. The number of nitrogens with zero attached hydrogens (tertiary/aromatic N) is 2.